The van der Waals surface area contributed by atoms with E-state index in [0.717, 1.165) is 38.0 Å². The number of hydrogen-bond acceptors (Lipinski definition) is 8. The molecular weight excluding hydrogens is 601 g/mol. The van der Waals surface area contributed by atoms with Gasteiger partial charge in [0.25, 0.3) is 0 Å². The van der Waals surface area contributed by atoms with Gasteiger partial charge in [-0.15, -0.1) is 0 Å². The zero-order valence-corrected chi connectivity index (χ0v) is 24.5. The third-order valence-corrected chi connectivity index (χ3v) is 7.42. The third kappa shape index (κ3) is 5.66. The number of fused-ring (bicyclic) bond motifs is 6. The highest BCUT2D eigenvalue weighted by molar-refractivity contribution is 6.35. The van der Waals surface area contributed by atoms with Gasteiger partial charge in [0.15, 0.2) is 0 Å². The number of nitrogens with zero attached hydrogens (tertiary/aromatic N) is 4. The molecule has 4 aromatic heterocycles. The maximum Gasteiger partial charge on any atom is 0.337 e. The number of aromatic nitrogens is 4. The van der Waals surface area contributed by atoms with Gasteiger partial charge in [-0.1, -0.05) is 41.4 Å². The largest absolute Gasteiger partial charge is 0.478 e. The Morgan fingerprint density at radius 1 is 0.727 bits per heavy atom. The second-order valence-electron chi connectivity index (χ2n) is 9.60. The number of carbonyl (C=O) groups excluding carboxylic acids is 1. The van der Waals surface area contributed by atoms with Gasteiger partial charge >= 0.3 is 11.9 Å². The minimum atomic E-state index is -0.983. The van der Waals surface area contributed by atoms with Crippen molar-refractivity contribution in [3.8, 4) is 0 Å². The highest BCUT2D eigenvalue weighted by Gasteiger charge is 2.13. The van der Waals surface area contributed by atoms with Crippen LogP contribution in [-0.2, 0) is 4.74 Å². The number of carboxylic acids is 1. The molecule has 7 rings (SSSR count). The first-order valence-electron chi connectivity index (χ1n) is 13.2. The Morgan fingerprint density at radius 2 is 1.36 bits per heavy atom. The molecule has 9 nitrogen and oxygen atoms in total. The first-order valence-corrected chi connectivity index (χ1v) is 13.9. The predicted molar refractivity (Wildman–Crippen MR) is 172 cm³/mol. The molecule has 0 spiro atoms. The summed E-state index contributed by atoms with van der Waals surface area (Å²) in [4.78, 5) is 39.9. The number of esters is 1. The summed E-state index contributed by atoms with van der Waals surface area (Å²) in [7, 11) is 1.35. The van der Waals surface area contributed by atoms with Gasteiger partial charge in [0, 0.05) is 57.0 Å². The number of anilines is 2. The lowest BCUT2D eigenvalue weighted by Crippen LogP contribution is -2.01. The molecule has 0 unspecified atom stereocenters. The standard InChI is InChI=1S/C19H12ClN3O2.C14H9ClN2O2/c20-12-2-1-3-13(9-12)22-18-16-10-21-7-6-14(16)15-5-4-11(19(24)25)8-17(15)23-18;1-19-14(18)8-2-3-10-9-4-5-16-7-11(9)13(15)17-12(10)6-8/h1-10H,(H,22,23)(H,24,25);2-7H,1H3. The smallest absolute Gasteiger partial charge is 0.337 e. The van der Waals surface area contributed by atoms with E-state index >= 15 is 0 Å². The zero-order chi connectivity index (χ0) is 30.8. The average Bonchev–Trinajstić information content (AvgIpc) is 3.04. The number of carbonyl (C=O) groups is 2. The minimum Gasteiger partial charge on any atom is -0.478 e. The average molecular weight is 622 g/mol. The number of aromatic carboxylic acids is 1. The van der Waals surface area contributed by atoms with Gasteiger partial charge in [-0.25, -0.2) is 19.6 Å². The zero-order valence-electron chi connectivity index (χ0n) is 23.0. The van der Waals surface area contributed by atoms with Crippen LogP contribution in [0, 0.1) is 0 Å². The summed E-state index contributed by atoms with van der Waals surface area (Å²) in [6, 6.07) is 21.2. The van der Waals surface area contributed by atoms with E-state index in [4.69, 9.17) is 27.9 Å². The van der Waals surface area contributed by atoms with Crippen LogP contribution in [0.2, 0.25) is 10.2 Å². The number of pyridine rings is 4. The van der Waals surface area contributed by atoms with Gasteiger partial charge in [0.1, 0.15) is 11.0 Å². The first-order chi connectivity index (χ1) is 21.3. The lowest BCUT2D eigenvalue weighted by molar-refractivity contribution is 0.0600. The molecule has 3 aromatic carbocycles. The van der Waals surface area contributed by atoms with Crippen LogP contribution in [0.25, 0.3) is 43.4 Å². The third-order valence-electron chi connectivity index (χ3n) is 6.90. The molecule has 216 valence electrons. The summed E-state index contributed by atoms with van der Waals surface area (Å²) in [6.07, 6.45) is 6.82. The maximum absolute atomic E-state index is 11.5. The summed E-state index contributed by atoms with van der Waals surface area (Å²) in [6.45, 7) is 0. The van der Waals surface area contributed by atoms with Crippen LogP contribution >= 0.6 is 23.2 Å². The van der Waals surface area contributed by atoms with Crippen molar-refractivity contribution in [2.45, 2.75) is 0 Å². The number of nitrogens with one attached hydrogen (secondary N) is 1. The van der Waals surface area contributed by atoms with Crippen LogP contribution in [0.1, 0.15) is 20.7 Å². The Balaban J connectivity index is 0.000000162. The Hall–Kier alpha value is -5.38. The fourth-order valence-corrected chi connectivity index (χ4v) is 5.27. The summed E-state index contributed by atoms with van der Waals surface area (Å²) in [5.74, 6) is -0.780. The molecule has 4 heterocycles. The highest BCUT2D eigenvalue weighted by atomic mass is 35.5. The molecule has 7 aromatic rings. The van der Waals surface area contributed by atoms with E-state index in [1.807, 2.05) is 30.3 Å². The number of rotatable bonds is 4. The minimum absolute atomic E-state index is 0.196. The normalized spacial score (nSPS) is 10.9. The van der Waals surface area contributed by atoms with Gasteiger partial charge in [-0.2, -0.15) is 0 Å². The molecule has 11 heteroatoms. The monoisotopic (exact) mass is 621 g/mol. The quantitative estimate of drug-likeness (QED) is 0.114. The Kier molecular flexibility index (Phi) is 7.89. The first kappa shape index (κ1) is 28.7. The van der Waals surface area contributed by atoms with Crippen molar-refractivity contribution in [2.75, 3.05) is 12.4 Å². The molecule has 0 fully saturated rings. The van der Waals surface area contributed by atoms with Gasteiger partial charge in [-0.05, 0) is 65.4 Å². The summed E-state index contributed by atoms with van der Waals surface area (Å²) in [5, 5.41) is 18.8. The van der Waals surface area contributed by atoms with Crippen molar-refractivity contribution in [2.24, 2.45) is 0 Å². The molecule has 44 heavy (non-hydrogen) atoms. The van der Waals surface area contributed by atoms with Crippen LogP contribution in [0.15, 0.2) is 97.6 Å². The molecule has 0 saturated heterocycles. The highest BCUT2D eigenvalue weighted by Crippen LogP contribution is 2.32. The molecule has 0 saturated carbocycles. The SMILES string of the molecule is COC(=O)c1ccc2c(c1)nc(Cl)c1cnccc12.O=C(O)c1ccc2c(c1)nc(Nc1cccc(Cl)c1)c1cnccc12. The second-order valence-corrected chi connectivity index (χ2v) is 10.4. The van der Waals surface area contributed by atoms with Gasteiger partial charge in [0.2, 0.25) is 0 Å². The van der Waals surface area contributed by atoms with E-state index in [1.165, 1.54) is 7.11 Å². The van der Waals surface area contributed by atoms with E-state index in [2.05, 4.69) is 25.3 Å². The van der Waals surface area contributed by atoms with E-state index in [9.17, 15) is 14.7 Å². The van der Waals surface area contributed by atoms with Crippen molar-refractivity contribution >= 4 is 90.0 Å². The fraction of sp³-hybridized carbons (Fsp3) is 0.0303. The predicted octanol–water partition coefficient (Wildman–Crippen LogP) is 8.10. The Morgan fingerprint density at radius 3 is 2.05 bits per heavy atom. The number of halogens is 2. The lowest BCUT2D eigenvalue weighted by Gasteiger charge is -2.12. The maximum atomic E-state index is 11.5. The van der Waals surface area contributed by atoms with Gasteiger partial charge < -0.3 is 15.2 Å². The number of ether oxygens (including phenoxy) is 1. The summed E-state index contributed by atoms with van der Waals surface area (Å²) >= 11 is 12.2. The lowest BCUT2D eigenvalue weighted by atomic mass is 10.1. The molecular formula is C33H21Cl2N5O4. The van der Waals surface area contributed by atoms with Crippen LogP contribution in [0.5, 0.6) is 0 Å². The van der Waals surface area contributed by atoms with Crippen molar-refractivity contribution in [3.05, 3.63) is 119 Å². The molecule has 0 bridgehead atoms. The number of methoxy groups -OCH3 is 1. The fourth-order valence-electron chi connectivity index (χ4n) is 4.84. The summed E-state index contributed by atoms with van der Waals surface area (Å²) in [5.41, 5.74) is 2.70. The van der Waals surface area contributed by atoms with Gasteiger partial charge in [0.05, 0.1) is 29.3 Å². The number of hydrogen-bond donors (Lipinski definition) is 2. The Labute approximate surface area is 260 Å². The van der Waals surface area contributed by atoms with E-state index < -0.39 is 11.9 Å². The van der Waals surface area contributed by atoms with Crippen LogP contribution < -0.4 is 5.32 Å². The molecule has 0 aliphatic heterocycles. The summed E-state index contributed by atoms with van der Waals surface area (Å²) < 4.78 is 4.69. The molecule has 2 N–H and O–H groups in total. The van der Waals surface area contributed by atoms with E-state index in [0.29, 0.717) is 32.6 Å². The number of carboxylic acid groups (broad SMARTS) is 1. The Bertz CT molecular complexity index is 2240. The van der Waals surface area contributed by atoms with Crippen LogP contribution in [-0.4, -0.2) is 44.1 Å². The van der Waals surface area contributed by atoms with Crippen LogP contribution in [0.3, 0.4) is 0 Å². The second kappa shape index (κ2) is 12.1. The number of benzene rings is 3. The van der Waals surface area contributed by atoms with E-state index in [-0.39, 0.29) is 5.56 Å². The topological polar surface area (TPSA) is 127 Å². The molecule has 0 atom stereocenters. The molecule has 0 radical (unpaired) electrons. The molecule has 0 aliphatic carbocycles. The van der Waals surface area contributed by atoms with Crippen molar-refractivity contribution in [1.82, 2.24) is 19.9 Å². The molecule has 0 amide bonds. The van der Waals surface area contributed by atoms with E-state index in [1.54, 1.807) is 67.3 Å². The van der Waals surface area contributed by atoms with Crippen LogP contribution in [0.4, 0.5) is 11.5 Å². The van der Waals surface area contributed by atoms with Crippen molar-refractivity contribution in [3.63, 3.8) is 0 Å². The van der Waals surface area contributed by atoms with Crippen molar-refractivity contribution in [1.29, 1.82) is 0 Å². The van der Waals surface area contributed by atoms with Crippen molar-refractivity contribution < 1.29 is 19.4 Å². The van der Waals surface area contributed by atoms with Gasteiger partial charge in [-0.3, -0.25) is 9.97 Å². The molecule has 0 aliphatic rings.